The summed E-state index contributed by atoms with van der Waals surface area (Å²) in [5, 5.41) is 7.53. The highest BCUT2D eigenvalue weighted by Crippen LogP contribution is 2.10. The van der Waals surface area contributed by atoms with Gasteiger partial charge in [0.2, 0.25) is 5.95 Å². The third kappa shape index (κ3) is 2.70. The van der Waals surface area contributed by atoms with Crippen LogP contribution in [0.4, 0.5) is 5.95 Å². The number of hydrogen-bond acceptors (Lipinski definition) is 4. The molecule has 18 heavy (non-hydrogen) atoms. The molecule has 0 aromatic carbocycles. The molecule has 0 fully saturated rings. The molecule has 0 saturated carbocycles. The van der Waals surface area contributed by atoms with Gasteiger partial charge in [0.15, 0.2) is 0 Å². The minimum absolute atomic E-state index is 0.798. The lowest BCUT2D eigenvalue weighted by Gasteiger charge is -2.12. The molecular formula is C12H20N6. The average molecular weight is 248 g/mol. The third-order valence-corrected chi connectivity index (χ3v) is 2.85. The highest BCUT2D eigenvalue weighted by Gasteiger charge is 2.07. The van der Waals surface area contributed by atoms with Crippen molar-refractivity contribution in [1.29, 1.82) is 0 Å². The van der Waals surface area contributed by atoms with Gasteiger partial charge in [-0.05, 0) is 0 Å². The highest BCUT2D eigenvalue weighted by molar-refractivity contribution is 5.30. The zero-order valence-electron chi connectivity index (χ0n) is 11.4. The van der Waals surface area contributed by atoms with E-state index in [-0.39, 0.29) is 0 Å². The molecule has 0 aliphatic carbocycles. The molecule has 2 aromatic rings. The zero-order valence-corrected chi connectivity index (χ0v) is 11.4. The molecule has 0 amide bonds. The fourth-order valence-electron chi connectivity index (χ4n) is 1.91. The topological polar surface area (TPSA) is 50.9 Å². The number of nitrogens with zero attached hydrogens (tertiary/aromatic N) is 5. The molecule has 2 aromatic heterocycles. The third-order valence-electron chi connectivity index (χ3n) is 2.85. The Balaban J connectivity index is 1.90. The molecule has 0 atom stereocenters. The fourth-order valence-corrected chi connectivity index (χ4v) is 1.91. The van der Waals surface area contributed by atoms with E-state index in [2.05, 4.69) is 20.0 Å². The van der Waals surface area contributed by atoms with Crippen LogP contribution in [0.2, 0.25) is 0 Å². The van der Waals surface area contributed by atoms with Crippen LogP contribution in [0, 0.1) is 0 Å². The molecular weight excluding hydrogens is 228 g/mol. The Morgan fingerprint density at radius 1 is 1.22 bits per heavy atom. The maximum atomic E-state index is 4.38. The summed E-state index contributed by atoms with van der Waals surface area (Å²) in [7, 11) is 7.95. The van der Waals surface area contributed by atoms with Gasteiger partial charge in [-0.25, -0.2) is 4.98 Å². The van der Waals surface area contributed by atoms with Crippen molar-refractivity contribution in [2.75, 3.05) is 19.0 Å². The average Bonchev–Trinajstić information content (AvgIpc) is 2.87. The number of nitrogens with one attached hydrogen (secondary N) is 1. The van der Waals surface area contributed by atoms with E-state index in [4.69, 9.17) is 0 Å². The van der Waals surface area contributed by atoms with Crippen LogP contribution < -0.4 is 10.2 Å². The number of anilines is 1. The summed E-state index contributed by atoms with van der Waals surface area (Å²) < 4.78 is 3.90. The van der Waals surface area contributed by atoms with Crippen molar-refractivity contribution in [3.05, 3.63) is 29.8 Å². The monoisotopic (exact) mass is 248 g/mol. The second-order valence-electron chi connectivity index (χ2n) is 4.63. The van der Waals surface area contributed by atoms with Crippen LogP contribution in [0.15, 0.2) is 18.6 Å². The molecule has 2 heterocycles. The number of aryl methyl sites for hydroxylation is 1. The Morgan fingerprint density at radius 3 is 2.56 bits per heavy atom. The van der Waals surface area contributed by atoms with E-state index >= 15 is 0 Å². The van der Waals surface area contributed by atoms with Crippen molar-refractivity contribution in [3.8, 4) is 0 Å². The Kier molecular flexibility index (Phi) is 3.66. The van der Waals surface area contributed by atoms with Crippen LogP contribution in [-0.2, 0) is 27.2 Å². The molecule has 0 aliphatic rings. The van der Waals surface area contributed by atoms with E-state index in [1.54, 1.807) is 0 Å². The lowest BCUT2D eigenvalue weighted by Crippen LogP contribution is -2.17. The number of aromatic nitrogens is 4. The van der Waals surface area contributed by atoms with E-state index in [1.165, 1.54) is 11.3 Å². The van der Waals surface area contributed by atoms with Crippen LogP contribution in [-0.4, -0.2) is 33.4 Å². The van der Waals surface area contributed by atoms with Crippen LogP contribution >= 0.6 is 0 Å². The van der Waals surface area contributed by atoms with Gasteiger partial charge in [0.25, 0.3) is 0 Å². The lowest BCUT2D eigenvalue weighted by atomic mass is 10.3. The van der Waals surface area contributed by atoms with E-state index in [0.717, 1.165) is 19.0 Å². The van der Waals surface area contributed by atoms with Gasteiger partial charge in [-0.3, -0.25) is 4.68 Å². The second kappa shape index (κ2) is 5.22. The number of hydrogen-bond donors (Lipinski definition) is 1. The van der Waals surface area contributed by atoms with Gasteiger partial charge in [0, 0.05) is 53.0 Å². The van der Waals surface area contributed by atoms with Crippen molar-refractivity contribution < 1.29 is 0 Å². The normalized spacial score (nSPS) is 10.9. The molecule has 1 N–H and O–H groups in total. The van der Waals surface area contributed by atoms with Crippen molar-refractivity contribution in [2.24, 2.45) is 14.1 Å². The Labute approximate surface area is 107 Å². The van der Waals surface area contributed by atoms with Crippen molar-refractivity contribution in [3.63, 3.8) is 0 Å². The Morgan fingerprint density at radius 2 is 2.00 bits per heavy atom. The van der Waals surface area contributed by atoms with Gasteiger partial charge in [0.05, 0.1) is 18.1 Å². The second-order valence-corrected chi connectivity index (χ2v) is 4.63. The number of imidazole rings is 1. The predicted molar refractivity (Wildman–Crippen MR) is 71.3 cm³/mol. The fraction of sp³-hybridized carbons (Fsp3) is 0.500. The summed E-state index contributed by atoms with van der Waals surface area (Å²) in [6.07, 6.45) is 5.80. The molecule has 2 rings (SSSR count). The summed E-state index contributed by atoms with van der Waals surface area (Å²) in [6, 6.07) is 0. The van der Waals surface area contributed by atoms with E-state index in [9.17, 15) is 0 Å². The minimum Gasteiger partial charge on any atom is -0.348 e. The summed E-state index contributed by atoms with van der Waals surface area (Å²) >= 11 is 0. The van der Waals surface area contributed by atoms with Gasteiger partial charge < -0.3 is 14.8 Å². The molecule has 98 valence electrons. The summed E-state index contributed by atoms with van der Waals surface area (Å²) in [5.41, 5.74) is 2.36. The molecule has 0 spiro atoms. The molecule has 0 bridgehead atoms. The number of rotatable bonds is 5. The zero-order chi connectivity index (χ0) is 13.1. The van der Waals surface area contributed by atoms with Crippen LogP contribution in [0.25, 0.3) is 0 Å². The van der Waals surface area contributed by atoms with Gasteiger partial charge in [-0.1, -0.05) is 0 Å². The molecule has 0 aliphatic heterocycles. The maximum Gasteiger partial charge on any atom is 0.204 e. The smallest absolute Gasteiger partial charge is 0.204 e. The maximum absolute atomic E-state index is 4.38. The first kappa shape index (κ1) is 12.6. The summed E-state index contributed by atoms with van der Waals surface area (Å²) in [6.45, 7) is 1.61. The van der Waals surface area contributed by atoms with Crippen molar-refractivity contribution >= 4 is 5.95 Å². The quantitative estimate of drug-likeness (QED) is 0.837. The first-order chi connectivity index (χ1) is 8.58. The van der Waals surface area contributed by atoms with Crippen LogP contribution in [0.1, 0.15) is 11.3 Å². The summed E-state index contributed by atoms with van der Waals surface area (Å²) in [4.78, 5) is 6.38. The first-order valence-corrected chi connectivity index (χ1v) is 5.94. The highest BCUT2D eigenvalue weighted by atomic mass is 15.3. The molecule has 6 nitrogen and oxygen atoms in total. The van der Waals surface area contributed by atoms with Crippen LogP contribution in [0.3, 0.4) is 0 Å². The predicted octanol–water partition coefficient (Wildman–Crippen LogP) is 0.509. The van der Waals surface area contributed by atoms with E-state index in [0.29, 0.717) is 0 Å². The first-order valence-electron chi connectivity index (χ1n) is 5.94. The SMILES string of the molecule is CN(C)c1ncc(CNCc2cnn(C)c2)n1C. The van der Waals surface area contributed by atoms with E-state index < -0.39 is 0 Å². The molecule has 6 heteroatoms. The van der Waals surface area contributed by atoms with Gasteiger partial charge in [-0.15, -0.1) is 0 Å². The van der Waals surface area contributed by atoms with Crippen molar-refractivity contribution in [1.82, 2.24) is 24.6 Å². The molecule has 0 unspecified atom stereocenters. The minimum atomic E-state index is 0.798. The Bertz CT molecular complexity index is 510. The van der Waals surface area contributed by atoms with Crippen LogP contribution in [0.5, 0.6) is 0 Å². The Hall–Kier alpha value is -1.82. The largest absolute Gasteiger partial charge is 0.348 e. The summed E-state index contributed by atoms with van der Waals surface area (Å²) in [5.74, 6) is 0.966. The lowest BCUT2D eigenvalue weighted by molar-refractivity contribution is 0.653. The molecule has 0 saturated heterocycles. The van der Waals surface area contributed by atoms with Gasteiger partial charge in [0.1, 0.15) is 0 Å². The van der Waals surface area contributed by atoms with E-state index in [1.807, 2.05) is 56.4 Å². The van der Waals surface area contributed by atoms with Gasteiger partial charge >= 0.3 is 0 Å². The standard InChI is InChI=1S/C12H20N6/c1-16(2)12-14-8-11(18(12)4)7-13-5-10-6-15-17(3)9-10/h6,8-9,13H,5,7H2,1-4H3. The van der Waals surface area contributed by atoms with Crippen molar-refractivity contribution in [2.45, 2.75) is 13.1 Å². The van der Waals surface area contributed by atoms with Gasteiger partial charge in [-0.2, -0.15) is 5.10 Å². The molecule has 0 radical (unpaired) electrons.